The molecule has 7 heteroatoms. The summed E-state index contributed by atoms with van der Waals surface area (Å²) in [5.41, 5.74) is 4.99. The number of aromatic nitrogens is 2. The van der Waals surface area contributed by atoms with E-state index in [-0.39, 0.29) is 22.6 Å². The monoisotopic (exact) mass is 290 g/mol. The lowest BCUT2D eigenvalue weighted by atomic mass is 10.1. The highest BCUT2D eigenvalue weighted by Crippen LogP contribution is 2.17. The number of anilines is 1. The van der Waals surface area contributed by atoms with Gasteiger partial charge in [0.2, 0.25) is 5.91 Å². The molecule has 0 radical (unpaired) electrons. The van der Waals surface area contributed by atoms with Gasteiger partial charge in [0, 0.05) is 6.42 Å². The van der Waals surface area contributed by atoms with E-state index in [2.05, 4.69) is 15.5 Å². The van der Waals surface area contributed by atoms with Crippen molar-refractivity contribution in [1.29, 1.82) is 0 Å². The van der Waals surface area contributed by atoms with Crippen LogP contribution in [0.5, 0.6) is 0 Å². The molecule has 7 nitrogen and oxygen atoms in total. The van der Waals surface area contributed by atoms with E-state index in [1.54, 1.807) is 12.1 Å². The lowest BCUT2D eigenvalue weighted by Crippen LogP contribution is -2.22. The summed E-state index contributed by atoms with van der Waals surface area (Å²) >= 11 is 0. The lowest BCUT2D eigenvalue weighted by Gasteiger charge is -2.10. The molecule has 0 saturated carbocycles. The Kier molecular flexibility index (Phi) is 4.54. The molecule has 0 aliphatic carbocycles. The van der Waals surface area contributed by atoms with E-state index in [0.29, 0.717) is 25.1 Å². The summed E-state index contributed by atoms with van der Waals surface area (Å²) in [5, 5.41) is 7.61. The van der Waals surface area contributed by atoms with Gasteiger partial charge in [-0.25, -0.2) is 0 Å². The molecule has 5 N–H and O–H groups in total. The average Bonchev–Trinajstić information content (AvgIpc) is 2.48. The normalized spacial score (nSPS) is 12.3. The van der Waals surface area contributed by atoms with Crippen molar-refractivity contribution in [3.05, 3.63) is 38.9 Å². The Bertz CT molecular complexity index is 763. The topological polar surface area (TPSA) is 121 Å². The number of carbonyl (C=O) groups excluding carboxylic acids is 1. The van der Waals surface area contributed by atoms with Gasteiger partial charge in [0.25, 0.3) is 11.1 Å². The molecule has 112 valence electrons. The Hall–Kier alpha value is -2.41. The first kappa shape index (κ1) is 15.0. The van der Waals surface area contributed by atoms with Gasteiger partial charge in [-0.3, -0.25) is 24.6 Å². The van der Waals surface area contributed by atoms with Gasteiger partial charge >= 0.3 is 0 Å². The first-order valence-corrected chi connectivity index (χ1v) is 6.76. The number of benzene rings is 1. The molecule has 0 aliphatic rings. The first-order valence-electron chi connectivity index (χ1n) is 6.76. The number of aromatic amines is 2. The van der Waals surface area contributed by atoms with Crippen molar-refractivity contribution in [1.82, 2.24) is 10.2 Å². The first-order chi connectivity index (χ1) is 10.0. The molecule has 1 heterocycles. The minimum atomic E-state index is -0.448. The van der Waals surface area contributed by atoms with Gasteiger partial charge in [0.05, 0.1) is 16.5 Å². The van der Waals surface area contributed by atoms with Gasteiger partial charge in [0.1, 0.15) is 0 Å². The van der Waals surface area contributed by atoms with Crippen LogP contribution in [0.2, 0.25) is 0 Å². The fraction of sp³-hybridized carbons (Fsp3) is 0.357. The van der Waals surface area contributed by atoms with Gasteiger partial charge in [-0.15, -0.1) is 0 Å². The summed E-state index contributed by atoms with van der Waals surface area (Å²) in [6.07, 6.45) is 0.986. The van der Waals surface area contributed by atoms with Gasteiger partial charge < -0.3 is 11.1 Å². The molecule has 2 aromatic rings. The zero-order valence-corrected chi connectivity index (χ0v) is 11.7. The fourth-order valence-electron chi connectivity index (χ4n) is 2.04. The second-order valence-corrected chi connectivity index (χ2v) is 5.06. The highest BCUT2D eigenvalue weighted by molar-refractivity contribution is 6.01. The summed E-state index contributed by atoms with van der Waals surface area (Å²) in [7, 11) is 0. The van der Waals surface area contributed by atoms with Crippen LogP contribution in [0.3, 0.4) is 0 Å². The lowest BCUT2D eigenvalue weighted by molar-refractivity contribution is -0.116. The van der Waals surface area contributed by atoms with E-state index >= 15 is 0 Å². The van der Waals surface area contributed by atoms with Crippen molar-refractivity contribution in [2.45, 2.75) is 19.8 Å². The Balaban J connectivity index is 2.27. The molecule has 1 amide bonds. The number of fused-ring (bicyclic) bond motifs is 1. The van der Waals surface area contributed by atoms with E-state index in [0.717, 1.165) is 0 Å². The molecule has 0 bridgehead atoms. The van der Waals surface area contributed by atoms with Crippen LogP contribution in [0.25, 0.3) is 10.8 Å². The van der Waals surface area contributed by atoms with E-state index in [9.17, 15) is 14.4 Å². The zero-order chi connectivity index (χ0) is 15.4. The summed E-state index contributed by atoms with van der Waals surface area (Å²) in [5.74, 6) is 0.0528. The number of H-pyrrole nitrogens is 2. The van der Waals surface area contributed by atoms with Crippen LogP contribution in [0, 0.1) is 5.92 Å². The van der Waals surface area contributed by atoms with Crippen molar-refractivity contribution in [2.75, 3.05) is 11.9 Å². The molecular weight excluding hydrogens is 272 g/mol. The van der Waals surface area contributed by atoms with Crippen LogP contribution >= 0.6 is 0 Å². The van der Waals surface area contributed by atoms with Gasteiger partial charge in [0.15, 0.2) is 0 Å². The fourth-order valence-corrected chi connectivity index (χ4v) is 2.04. The predicted molar refractivity (Wildman–Crippen MR) is 81.3 cm³/mol. The molecule has 0 spiro atoms. The molecule has 1 aromatic carbocycles. The van der Waals surface area contributed by atoms with E-state index in [1.165, 1.54) is 6.07 Å². The van der Waals surface area contributed by atoms with Crippen molar-refractivity contribution >= 4 is 22.4 Å². The van der Waals surface area contributed by atoms with Crippen molar-refractivity contribution in [3.8, 4) is 0 Å². The molecule has 0 aliphatic heterocycles. The summed E-state index contributed by atoms with van der Waals surface area (Å²) in [6.45, 7) is 2.49. The molecule has 1 aromatic heterocycles. The second kappa shape index (κ2) is 6.36. The summed E-state index contributed by atoms with van der Waals surface area (Å²) in [4.78, 5) is 35.4. The smallest absolute Gasteiger partial charge is 0.272 e. The highest BCUT2D eigenvalue weighted by atomic mass is 16.2. The molecular formula is C14H18N4O3. The molecule has 0 saturated heterocycles. The molecule has 0 fully saturated rings. The number of nitrogens with two attached hydrogens (primary N) is 1. The Morgan fingerprint density at radius 1 is 1.29 bits per heavy atom. The van der Waals surface area contributed by atoms with Crippen LogP contribution in [-0.4, -0.2) is 22.6 Å². The maximum Gasteiger partial charge on any atom is 0.272 e. The van der Waals surface area contributed by atoms with E-state index in [1.807, 2.05) is 6.92 Å². The second-order valence-electron chi connectivity index (χ2n) is 5.06. The number of rotatable bonds is 5. The predicted octanol–water partition coefficient (Wildman–Crippen LogP) is 0.530. The third kappa shape index (κ3) is 3.38. The van der Waals surface area contributed by atoms with Crippen molar-refractivity contribution in [2.24, 2.45) is 11.7 Å². The third-order valence-corrected chi connectivity index (χ3v) is 3.37. The number of nitrogens with one attached hydrogen (secondary N) is 3. The molecule has 1 atom stereocenters. The maximum atomic E-state index is 11.9. The molecule has 2 rings (SSSR count). The van der Waals surface area contributed by atoms with Gasteiger partial charge in [-0.2, -0.15) is 0 Å². The van der Waals surface area contributed by atoms with Gasteiger partial charge in [-0.1, -0.05) is 13.0 Å². The average molecular weight is 290 g/mol. The van der Waals surface area contributed by atoms with Crippen LogP contribution < -0.4 is 22.2 Å². The van der Waals surface area contributed by atoms with Crippen LogP contribution in [0.1, 0.15) is 19.8 Å². The zero-order valence-electron chi connectivity index (χ0n) is 11.7. The number of hydrogen-bond donors (Lipinski definition) is 4. The standard InChI is InChI=1S/C14H18N4O3/c1-8(7-15)5-6-11(19)16-10-4-2-3-9-12(10)14(21)18-17-13(9)20/h2-4,8H,5-7,15H2,1H3,(H,16,19)(H,17,20)(H,18,21). The summed E-state index contributed by atoms with van der Waals surface area (Å²) < 4.78 is 0. The molecule has 1 unspecified atom stereocenters. The SMILES string of the molecule is CC(CN)CCC(=O)Nc1cccc2c(=O)[nH][nH]c(=O)c12. The molecule has 21 heavy (non-hydrogen) atoms. The summed E-state index contributed by atoms with van der Waals surface area (Å²) in [6, 6.07) is 4.76. The van der Waals surface area contributed by atoms with E-state index in [4.69, 9.17) is 5.73 Å². The third-order valence-electron chi connectivity index (χ3n) is 3.37. The number of amides is 1. The quantitative estimate of drug-likeness (QED) is 0.641. The van der Waals surface area contributed by atoms with E-state index < -0.39 is 11.1 Å². The Morgan fingerprint density at radius 3 is 2.71 bits per heavy atom. The van der Waals surface area contributed by atoms with Crippen molar-refractivity contribution in [3.63, 3.8) is 0 Å². The number of carbonyl (C=O) groups is 1. The van der Waals surface area contributed by atoms with Crippen LogP contribution in [0.15, 0.2) is 27.8 Å². The maximum absolute atomic E-state index is 11.9. The Morgan fingerprint density at radius 2 is 2.00 bits per heavy atom. The Labute approximate surface area is 120 Å². The largest absolute Gasteiger partial charge is 0.330 e. The minimum Gasteiger partial charge on any atom is -0.330 e. The van der Waals surface area contributed by atoms with Gasteiger partial charge in [-0.05, 0) is 31.0 Å². The van der Waals surface area contributed by atoms with Crippen LogP contribution in [0.4, 0.5) is 5.69 Å². The highest BCUT2D eigenvalue weighted by Gasteiger charge is 2.11. The van der Waals surface area contributed by atoms with Crippen molar-refractivity contribution < 1.29 is 4.79 Å². The number of hydrogen-bond acceptors (Lipinski definition) is 4. The minimum absolute atomic E-state index is 0.182. The van der Waals surface area contributed by atoms with Crippen LogP contribution in [-0.2, 0) is 4.79 Å².